The number of ether oxygens (including phenoxy) is 2. The molecule has 0 aromatic rings. The lowest BCUT2D eigenvalue weighted by Crippen LogP contribution is -2.65. The van der Waals surface area contributed by atoms with Crippen molar-refractivity contribution in [3.63, 3.8) is 0 Å². The maximum absolute atomic E-state index is 12.0. The van der Waals surface area contributed by atoms with E-state index in [9.17, 15) is 4.79 Å². The van der Waals surface area contributed by atoms with Gasteiger partial charge in [0.1, 0.15) is 0 Å². The molecule has 1 aliphatic heterocycles. The Morgan fingerprint density at radius 2 is 2.41 bits per heavy atom. The Morgan fingerprint density at radius 3 is 3.00 bits per heavy atom. The number of rotatable bonds is 4. The van der Waals surface area contributed by atoms with Crippen LogP contribution in [0.5, 0.6) is 0 Å². The number of carbonyl (C=O) groups excluding carboxylic acids is 1. The lowest BCUT2D eigenvalue weighted by molar-refractivity contribution is -0.133. The van der Waals surface area contributed by atoms with Crippen LogP contribution < -0.4 is 11.1 Å². The van der Waals surface area contributed by atoms with Gasteiger partial charge in [-0.05, 0) is 26.2 Å². The minimum absolute atomic E-state index is 0.0150. The lowest BCUT2D eigenvalue weighted by Gasteiger charge is -2.43. The van der Waals surface area contributed by atoms with E-state index in [1.807, 2.05) is 6.92 Å². The monoisotopic (exact) mass is 242 g/mol. The van der Waals surface area contributed by atoms with Gasteiger partial charge >= 0.3 is 0 Å². The molecule has 2 rings (SSSR count). The largest absolute Gasteiger partial charge is 0.381 e. The average molecular weight is 242 g/mol. The Kier molecular flexibility index (Phi) is 4.36. The highest BCUT2D eigenvalue weighted by Gasteiger charge is 2.41. The van der Waals surface area contributed by atoms with E-state index in [0.717, 1.165) is 25.9 Å². The lowest BCUT2D eigenvalue weighted by atomic mass is 9.83. The van der Waals surface area contributed by atoms with Gasteiger partial charge in [-0.3, -0.25) is 4.79 Å². The van der Waals surface area contributed by atoms with Crippen LogP contribution in [0.1, 0.15) is 26.2 Å². The van der Waals surface area contributed by atoms with Gasteiger partial charge < -0.3 is 20.5 Å². The maximum atomic E-state index is 12.0. The molecule has 5 heteroatoms. The highest BCUT2D eigenvalue weighted by molar-refractivity contribution is 5.79. The first-order chi connectivity index (χ1) is 8.22. The molecule has 0 spiro atoms. The van der Waals surface area contributed by atoms with E-state index in [0.29, 0.717) is 13.2 Å². The van der Waals surface area contributed by atoms with Crippen LogP contribution in [0.15, 0.2) is 0 Å². The predicted octanol–water partition coefficient (Wildman–Crippen LogP) is 0.0339. The second-order valence-electron chi connectivity index (χ2n) is 4.84. The zero-order chi connectivity index (χ0) is 12.3. The standard InChI is InChI=1S/C12H22N2O3/c1-2-17-10-6-9(13)11(10)14-12(15)8-4-3-5-16-7-8/h8-11H,2-7,13H2,1H3,(H,14,15). The zero-order valence-electron chi connectivity index (χ0n) is 10.4. The van der Waals surface area contributed by atoms with Crippen molar-refractivity contribution in [1.29, 1.82) is 0 Å². The van der Waals surface area contributed by atoms with Gasteiger partial charge in [0.2, 0.25) is 5.91 Å². The van der Waals surface area contributed by atoms with Crippen LogP contribution in [0.3, 0.4) is 0 Å². The van der Waals surface area contributed by atoms with Crippen molar-refractivity contribution in [2.24, 2.45) is 11.7 Å². The van der Waals surface area contributed by atoms with Gasteiger partial charge in [0.25, 0.3) is 0 Å². The van der Waals surface area contributed by atoms with E-state index in [4.69, 9.17) is 15.2 Å². The first-order valence-electron chi connectivity index (χ1n) is 6.47. The van der Waals surface area contributed by atoms with Gasteiger partial charge in [0.15, 0.2) is 0 Å². The molecule has 4 unspecified atom stereocenters. The van der Waals surface area contributed by atoms with Crippen molar-refractivity contribution in [1.82, 2.24) is 5.32 Å². The Labute approximate surface area is 102 Å². The summed E-state index contributed by atoms with van der Waals surface area (Å²) < 4.78 is 10.8. The van der Waals surface area contributed by atoms with E-state index in [-0.39, 0.29) is 30.0 Å². The first kappa shape index (κ1) is 12.8. The van der Waals surface area contributed by atoms with Crippen molar-refractivity contribution in [3.05, 3.63) is 0 Å². The number of hydrogen-bond donors (Lipinski definition) is 2. The zero-order valence-corrected chi connectivity index (χ0v) is 10.4. The second-order valence-corrected chi connectivity index (χ2v) is 4.84. The summed E-state index contributed by atoms with van der Waals surface area (Å²) in [6.45, 7) is 3.93. The van der Waals surface area contributed by atoms with E-state index < -0.39 is 0 Å². The molecule has 3 N–H and O–H groups in total. The molecule has 5 nitrogen and oxygen atoms in total. The minimum atomic E-state index is -0.0237. The highest BCUT2D eigenvalue weighted by Crippen LogP contribution is 2.23. The number of nitrogens with two attached hydrogens (primary N) is 1. The van der Waals surface area contributed by atoms with E-state index in [2.05, 4.69) is 5.32 Å². The molecule has 0 aromatic carbocycles. The van der Waals surface area contributed by atoms with Crippen molar-refractivity contribution < 1.29 is 14.3 Å². The fourth-order valence-electron chi connectivity index (χ4n) is 2.46. The number of amides is 1. The maximum Gasteiger partial charge on any atom is 0.225 e. The molecule has 17 heavy (non-hydrogen) atoms. The van der Waals surface area contributed by atoms with Gasteiger partial charge in [-0.1, -0.05) is 0 Å². The van der Waals surface area contributed by atoms with Gasteiger partial charge in [0.05, 0.1) is 24.7 Å². The van der Waals surface area contributed by atoms with E-state index >= 15 is 0 Å². The highest BCUT2D eigenvalue weighted by atomic mass is 16.5. The summed E-state index contributed by atoms with van der Waals surface area (Å²) in [6, 6.07) is 0.00406. The fourth-order valence-corrected chi connectivity index (χ4v) is 2.46. The van der Waals surface area contributed by atoms with Crippen molar-refractivity contribution >= 4 is 5.91 Å². The number of hydrogen-bond acceptors (Lipinski definition) is 4. The molecule has 0 radical (unpaired) electrons. The molecule has 98 valence electrons. The number of carbonyl (C=O) groups is 1. The van der Waals surface area contributed by atoms with Crippen LogP contribution in [0.25, 0.3) is 0 Å². The summed E-state index contributed by atoms with van der Waals surface area (Å²) in [5.41, 5.74) is 5.90. The van der Waals surface area contributed by atoms with Crippen LogP contribution in [0, 0.1) is 5.92 Å². The third kappa shape index (κ3) is 2.97. The summed E-state index contributed by atoms with van der Waals surface area (Å²) in [4.78, 5) is 12.0. The Bertz CT molecular complexity index is 264. The SMILES string of the molecule is CCOC1CC(N)C1NC(=O)C1CCCOC1. The molecular formula is C12H22N2O3. The third-order valence-electron chi connectivity index (χ3n) is 3.59. The van der Waals surface area contributed by atoms with Gasteiger partial charge in [-0.25, -0.2) is 0 Å². The Hall–Kier alpha value is -0.650. The van der Waals surface area contributed by atoms with Crippen LogP contribution in [0.4, 0.5) is 0 Å². The van der Waals surface area contributed by atoms with Crippen molar-refractivity contribution in [3.8, 4) is 0 Å². The van der Waals surface area contributed by atoms with Gasteiger partial charge in [-0.15, -0.1) is 0 Å². The molecule has 0 aromatic heterocycles. The first-order valence-corrected chi connectivity index (χ1v) is 6.47. The van der Waals surface area contributed by atoms with Gasteiger partial charge in [0, 0.05) is 19.3 Å². The van der Waals surface area contributed by atoms with Gasteiger partial charge in [-0.2, -0.15) is 0 Å². The molecule has 1 amide bonds. The fraction of sp³-hybridized carbons (Fsp3) is 0.917. The third-order valence-corrected chi connectivity index (χ3v) is 3.59. The van der Waals surface area contributed by atoms with Crippen LogP contribution >= 0.6 is 0 Å². The second kappa shape index (κ2) is 5.80. The molecule has 4 atom stereocenters. The average Bonchev–Trinajstić information content (AvgIpc) is 2.36. The topological polar surface area (TPSA) is 73.6 Å². The van der Waals surface area contributed by atoms with Crippen LogP contribution in [-0.4, -0.2) is 43.9 Å². The summed E-state index contributed by atoms with van der Waals surface area (Å²) in [7, 11) is 0. The van der Waals surface area contributed by atoms with Crippen molar-refractivity contribution in [2.45, 2.75) is 44.4 Å². The van der Waals surface area contributed by atoms with Crippen LogP contribution in [-0.2, 0) is 14.3 Å². The minimum Gasteiger partial charge on any atom is -0.381 e. The van der Waals surface area contributed by atoms with Crippen molar-refractivity contribution in [2.75, 3.05) is 19.8 Å². The smallest absolute Gasteiger partial charge is 0.225 e. The molecule has 1 saturated carbocycles. The van der Waals surface area contributed by atoms with E-state index in [1.165, 1.54) is 0 Å². The molecule has 1 heterocycles. The predicted molar refractivity (Wildman–Crippen MR) is 63.5 cm³/mol. The summed E-state index contributed by atoms with van der Waals surface area (Å²) in [5.74, 6) is 0.0494. The molecule has 0 bridgehead atoms. The summed E-state index contributed by atoms with van der Waals surface area (Å²) in [6.07, 6.45) is 2.79. The summed E-state index contributed by atoms with van der Waals surface area (Å²) >= 11 is 0. The Morgan fingerprint density at radius 1 is 1.59 bits per heavy atom. The van der Waals surface area contributed by atoms with E-state index in [1.54, 1.807) is 0 Å². The molecular weight excluding hydrogens is 220 g/mol. The normalized spacial score (nSPS) is 37.3. The summed E-state index contributed by atoms with van der Waals surface area (Å²) in [5, 5.41) is 3.00. The molecule has 1 saturated heterocycles. The Balaban J connectivity index is 1.80. The van der Waals surface area contributed by atoms with Crippen LogP contribution in [0.2, 0.25) is 0 Å². The number of nitrogens with one attached hydrogen (secondary N) is 1. The molecule has 2 fully saturated rings. The quantitative estimate of drug-likeness (QED) is 0.729. The molecule has 1 aliphatic carbocycles. The molecule has 2 aliphatic rings.